The minimum absolute atomic E-state index is 0.0643. The van der Waals surface area contributed by atoms with Gasteiger partial charge in [-0.2, -0.15) is 0 Å². The lowest BCUT2D eigenvalue weighted by atomic mass is 10.1. The van der Waals surface area contributed by atoms with E-state index in [-0.39, 0.29) is 12.2 Å². The van der Waals surface area contributed by atoms with Crippen LogP contribution in [0.5, 0.6) is 0 Å². The molecule has 0 bridgehead atoms. The van der Waals surface area contributed by atoms with Crippen LogP contribution in [0.2, 0.25) is 5.02 Å². The van der Waals surface area contributed by atoms with Gasteiger partial charge in [-0.05, 0) is 39.7 Å². The Morgan fingerprint density at radius 2 is 2.12 bits per heavy atom. The third-order valence-corrected chi connectivity index (χ3v) is 3.03. The largest absolute Gasteiger partial charge is 0.292 e. The highest BCUT2D eigenvalue weighted by atomic mass is 79.9. The van der Waals surface area contributed by atoms with Gasteiger partial charge in [0.05, 0.1) is 5.02 Å². The number of nitrogens with zero attached hydrogens (tertiary/aromatic N) is 2. The van der Waals surface area contributed by atoms with E-state index in [1.165, 1.54) is 6.20 Å². The number of carbonyl (C=O) groups is 1. The number of carbonyl (C=O) groups excluding carboxylic acids is 1. The number of hydrogen-bond acceptors (Lipinski definition) is 3. The summed E-state index contributed by atoms with van der Waals surface area (Å²) in [6.07, 6.45) is 4.97. The van der Waals surface area contributed by atoms with Gasteiger partial charge in [0.25, 0.3) is 0 Å². The standard InChI is InChI=1S/C12H8BrClN2O/c13-9-1-2-11(16-6-9)12(17)5-8-3-4-15-7-10(8)14/h1-4,6-7H,5H2. The van der Waals surface area contributed by atoms with E-state index >= 15 is 0 Å². The molecule has 17 heavy (non-hydrogen) atoms. The number of aromatic nitrogens is 2. The number of halogens is 2. The van der Waals surface area contributed by atoms with Crippen molar-refractivity contribution in [1.82, 2.24) is 9.97 Å². The number of pyridine rings is 2. The van der Waals surface area contributed by atoms with E-state index < -0.39 is 0 Å². The van der Waals surface area contributed by atoms with Crippen molar-refractivity contribution in [2.24, 2.45) is 0 Å². The van der Waals surface area contributed by atoms with Crippen molar-refractivity contribution in [3.05, 3.63) is 57.5 Å². The predicted molar refractivity (Wildman–Crippen MR) is 69.2 cm³/mol. The molecule has 0 N–H and O–H groups in total. The van der Waals surface area contributed by atoms with Crippen LogP contribution in [0.25, 0.3) is 0 Å². The van der Waals surface area contributed by atoms with Crippen molar-refractivity contribution >= 4 is 33.3 Å². The fourth-order valence-electron chi connectivity index (χ4n) is 1.35. The second kappa shape index (κ2) is 5.38. The zero-order valence-corrected chi connectivity index (χ0v) is 11.1. The molecular formula is C12H8BrClN2O. The first-order valence-electron chi connectivity index (χ1n) is 4.90. The smallest absolute Gasteiger partial charge is 0.185 e. The molecule has 2 aromatic heterocycles. The molecule has 0 atom stereocenters. The molecular weight excluding hydrogens is 304 g/mol. The van der Waals surface area contributed by atoms with E-state index in [9.17, 15) is 4.79 Å². The maximum atomic E-state index is 11.9. The molecule has 0 spiro atoms. The summed E-state index contributed by atoms with van der Waals surface area (Å²) >= 11 is 9.21. The molecule has 0 aliphatic heterocycles. The predicted octanol–water partition coefficient (Wildman–Crippen LogP) is 3.32. The summed E-state index contributed by atoms with van der Waals surface area (Å²) in [6, 6.07) is 5.20. The van der Waals surface area contributed by atoms with Crippen molar-refractivity contribution in [1.29, 1.82) is 0 Å². The SMILES string of the molecule is O=C(Cc1ccncc1Cl)c1ccc(Br)cn1. The summed E-state index contributed by atoms with van der Waals surface area (Å²) in [4.78, 5) is 19.8. The summed E-state index contributed by atoms with van der Waals surface area (Å²) < 4.78 is 0.844. The van der Waals surface area contributed by atoms with Crippen molar-refractivity contribution in [3.8, 4) is 0 Å². The van der Waals surface area contributed by atoms with Gasteiger partial charge in [0, 0.05) is 29.5 Å². The van der Waals surface area contributed by atoms with Crippen molar-refractivity contribution in [2.45, 2.75) is 6.42 Å². The van der Waals surface area contributed by atoms with Crippen LogP contribution in [-0.2, 0) is 6.42 Å². The lowest BCUT2D eigenvalue weighted by molar-refractivity contribution is 0.0988. The fraction of sp³-hybridized carbons (Fsp3) is 0.0833. The monoisotopic (exact) mass is 310 g/mol. The van der Waals surface area contributed by atoms with Gasteiger partial charge >= 0.3 is 0 Å². The van der Waals surface area contributed by atoms with Gasteiger partial charge in [-0.25, -0.2) is 0 Å². The molecule has 0 amide bonds. The minimum atomic E-state index is -0.0643. The van der Waals surface area contributed by atoms with E-state index in [4.69, 9.17) is 11.6 Å². The van der Waals surface area contributed by atoms with Crippen LogP contribution in [0.4, 0.5) is 0 Å². The Morgan fingerprint density at radius 1 is 1.29 bits per heavy atom. The van der Waals surface area contributed by atoms with Crippen molar-refractivity contribution in [2.75, 3.05) is 0 Å². The second-order valence-corrected chi connectivity index (χ2v) is 4.75. The van der Waals surface area contributed by atoms with E-state index in [2.05, 4.69) is 25.9 Å². The third kappa shape index (κ3) is 3.11. The van der Waals surface area contributed by atoms with Gasteiger partial charge < -0.3 is 0 Å². The van der Waals surface area contributed by atoms with E-state index in [0.29, 0.717) is 10.7 Å². The van der Waals surface area contributed by atoms with E-state index in [1.807, 2.05) is 0 Å². The summed E-state index contributed by atoms with van der Waals surface area (Å²) in [7, 11) is 0. The number of ketones is 1. The third-order valence-electron chi connectivity index (χ3n) is 2.22. The summed E-state index contributed by atoms with van der Waals surface area (Å²) in [5.74, 6) is -0.0643. The van der Waals surface area contributed by atoms with Gasteiger partial charge in [-0.1, -0.05) is 11.6 Å². The normalized spacial score (nSPS) is 10.2. The molecule has 0 aromatic carbocycles. The van der Waals surface area contributed by atoms with Crippen LogP contribution in [0.1, 0.15) is 16.1 Å². The Balaban J connectivity index is 2.17. The van der Waals surface area contributed by atoms with Crippen molar-refractivity contribution in [3.63, 3.8) is 0 Å². The Labute approximate surface area is 112 Å². The van der Waals surface area contributed by atoms with Crippen LogP contribution in [0, 0.1) is 0 Å². The molecule has 3 nitrogen and oxygen atoms in total. The molecule has 0 radical (unpaired) electrons. The van der Waals surface area contributed by atoms with Gasteiger partial charge in [0.1, 0.15) is 5.69 Å². The highest BCUT2D eigenvalue weighted by Gasteiger charge is 2.10. The minimum Gasteiger partial charge on any atom is -0.292 e. The maximum absolute atomic E-state index is 11.9. The zero-order valence-electron chi connectivity index (χ0n) is 8.73. The van der Waals surface area contributed by atoms with E-state index in [0.717, 1.165) is 10.0 Å². The lowest BCUT2D eigenvalue weighted by Gasteiger charge is -2.02. The summed E-state index contributed by atoms with van der Waals surface area (Å²) in [5, 5.41) is 0.498. The average molecular weight is 312 g/mol. The van der Waals surface area contributed by atoms with Crippen LogP contribution in [0.15, 0.2) is 41.3 Å². The molecule has 0 saturated carbocycles. The summed E-state index contributed by atoms with van der Waals surface area (Å²) in [5.41, 5.74) is 1.19. The fourth-order valence-corrected chi connectivity index (χ4v) is 1.77. The first-order valence-corrected chi connectivity index (χ1v) is 6.07. The van der Waals surface area contributed by atoms with Crippen LogP contribution >= 0.6 is 27.5 Å². The first kappa shape index (κ1) is 12.2. The number of hydrogen-bond donors (Lipinski definition) is 0. The Bertz CT molecular complexity index is 542. The Kier molecular flexibility index (Phi) is 3.86. The molecule has 86 valence electrons. The van der Waals surface area contributed by atoms with Gasteiger partial charge in [0.15, 0.2) is 5.78 Å². The molecule has 0 aliphatic carbocycles. The topological polar surface area (TPSA) is 42.9 Å². The highest BCUT2D eigenvalue weighted by Crippen LogP contribution is 2.16. The Morgan fingerprint density at radius 3 is 2.76 bits per heavy atom. The molecule has 5 heteroatoms. The zero-order chi connectivity index (χ0) is 12.3. The van der Waals surface area contributed by atoms with E-state index in [1.54, 1.807) is 30.6 Å². The van der Waals surface area contributed by atoms with Crippen molar-refractivity contribution < 1.29 is 4.79 Å². The highest BCUT2D eigenvalue weighted by molar-refractivity contribution is 9.10. The average Bonchev–Trinajstić information content (AvgIpc) is 2.33. The molecule has 2 rings (SSSR count). The quantitative estimate of drug-likeness (QED) is 0.817. The molecule has 0 saturated heterocycles. The van der Waals surface area contributed by atoms with Crippen LogP contribution < -0.4 is 0 Å². The molecule has 2 aromatic rings. The maximum Gasteiger partial charge on any atom is 0.185 e. The summed E-state index contributed by atoms with van der Waals surface area (Å²) in [6.45, 7) is 0. The first-order chi connectivity index (χ1) is 8.16. The van der Waals surface area contributed by atoms with Gasteiger partial charge in [0.2, 0.25) is 0 Å². The van der Waals surface area contributed by atoms with Crippen LogP contribution in [0.3, 0.4) is 0 Å². The molecule has 0 fully saturated rings. The van der Waals surface area contributed by atoms with Gasteiger partial charge in [-0.3, -0.25) is 14.8 Å². The van der Waals surface area contributed by atoms with Gasteiger partial charge in [-0.15, -0.1) is 0 Å². The lowest BCUT2D eigenvalue weighted by Crippen LogP contribution is -2.06. The molecule has 2 heterocycles. The van der Waals surface area contributed by atoms with Crippen LogP contribution in [-0.4, -0.2) is 15.8 Å². The molecule has 0 unspecified atom stereocenters. The molecule has 0 aliphatic rings. The second-order valence-electron chi connectivity index (χ2n) is 3.43. The number of rotatable bonds is 3. The Hall–Kier alpha value is -1.26. The number of Topliss-reactive ketones (excluding diaryl/α,β-unsaturated/α-hetero) is 1.